The molecule has 0 atom stereocenters. The molecule has 0 radical (unpaired) electrons. The Kier molecular flexibility index (Phi) is 4.92. The summed E-state index contributed by atoms with van der Waals surface area (Å²) in [5.74, 6) is 0. The molecule has 114 valence electrons. The molecule has 2 aromatic rings. The molecule has 0 unspecified atom stereocenters. The van der Waals surface area contributed by atoms with Crippen molar-refractivity contribution in [3.8, 4) is 0 Å². The lowest BCUT2D eigenvalue weighted by atomic mass is 10.4. The van der Waals surface area contributed by atoms with Crippen LogP contribution in [0.3, 0.4) is 0 Å². The number of anilines is 1. The monoisotopic (exact) mass is 326 g/mol. The minimum absolute atomic E-state index is 0.0429. The van der Waals surface area contributed by atoms with Crippen molar-refractivity contribution in [1.82, 2.24) is 14.3 Å². The summed E-state index contributed by atoms with van der Waals surface area (Å²) in [6.45, 7) is 4.66. The predicted molar refractivity (Wildman–Crippen MR) is 83.9 cm³/mol. The van der Waals surface area contributed by atoms with Gasteiger partial charge in [0.2, 0.25) is 0 Å². The maximum atomic E-state index is 12.6. The number of hydrogen-bond acceptors (Lipinski definition) is 6. The standard InChI is InChI=1S/C13H18N4O2S2/c1-4-14-12-6-5-7-15-13(12)21(18,19)17(3)8-11-9-20-10(2)16-11/h5-7,9,14H,4,8H2,1-3H3. The van der Waals surface area contributed by atoms with Crippen molar-refractivity contribution in [3.05, 3.63) is 34.4 Å². The van der Waals surface area contributed by atoms with Gasteiger partial charge in [-0.15, -0.1) is 11.3 Å². The van der Waals surface area contributed by atoms with E-state index >= 15 is 0 Å². The number of rotatable bonds is 6. The van der Waals surface area contributed by atoms with E-state index in [1.54, 1.807) is 12.1 Å². The molecule has 0 aliphatic rings. The van der Waals surface area contributed by atoms with Gasteiger partial charge in [-0.1, -0.05) is 0 Å². The first-order valence-electron chi connectivity index (χ1n) is 6.51. The SMILES string of the molecule is CCNc1cccnc1S(=O)(=O)N(C)Cc1csc(C)n1. The molecule has 0 aliphatic heterocycles. The fourth-order valence-corrected chi connectivity index (χ4v) is 3.68. The van der Waals surface area contributed by atoms with Crippen LogP contribution < -0.4 is 5.32 Å². The molecule has 6 nitrogen and oxygen atoms in total. The Morgan fingerprint density at radius 3 is 2.81 bits per heavy atom. The van der Waals surface area contributed by atoms with Gasteiger partial charge in [-0.05, 0) is 26.0 Å². The van der Waals surface area contributed by atoms with E-state index in [1.165, 1.54) is 28.9 Å². The van der Waals surface area contributed by atoms with Crippen molar-refractivity contribution in [2.45, 2.75) is 25.4 Å². The van der Waals surface area contributed by atoms with Crippen molar-refractivity contribution in [2.24, 2.45) is 0 Å². The number of hydrogen-bond donors (Lipinski definition) is 1. The van der Waals surface area contributed by atoms with Crippen molar-refractivity contribution < 1.29 is 8.42 Å². The second-order valence-corrected chi connectivity index (χ2v) is 7.53. The van der Waals surface area contributed by atoms with Crippen LogP contribution in [-0.4, -0.2) is 36.3 Å². The zero-order chi connectivity index (χ0) is 15.5. The van der Waals surface area contributed by atoms with Gasteiger partial charge < -0.3 is 5.32 Å². The quantitative estimate of drug-likeness (QED) is 0.880. The summed E-state index contributed by atoms with van der Waals surface area (Å²) in [6, 6.07) is 3.42. The van der Waals surface area contributed by atoms with Gasteiger partial charge in [0.15, 0.2) is 5.03 Å². The van der Waals surface area contributed by atoms with Crippen LogP contribution in [-0.2, 0) is 16.6 Å². The number of aryl methyl sites for hydroxylation is 1. The van der Waals surface area contributed by atoms with Gasteiger partial charge in [0, 0.05) is 25.2 Å². The third kappa shape index (κ3) is 3.58. The maximum absolute atomic E-state index is 12.6. The third-order valence-electron chi connectivity index (χ3n) is 2.84. The summed E-state index contributed by atoms with van der Waals surface area (Å²) >= 11 is 1.50. The molecule has 0 aliphatic carbocycles. The number of pyridine rings is 1. The third-order valence-corrected chi connectivity index (χ3v) is 5.43. The minimum atomic E-state index is -3.66. The first-order valence-corrected chi connectivity index (χ1v) is 8.83. The van der Waals surface area contributed by atoms with E-state index < -0.39 is 10.0 Å². The summed E-state index contributed by atoms with van der Waals surface area (Å²) < 4.78 is 26.5. The minimum Gasteiger partial charge on any atom is -0.383 e. The zero-order valence-electron chi connectivity index (χ0n) is 12.2. The van der Waals surface area contributed by atoms with Crippen LogP contribution in [0.25, 0.3) is 0 Å². The van der Waals surface area contributed by atoms with Crippen LogP contribution in [0.4, 0.5) is 5.69 Å². The van der Waals surface area contributed by atoms with Crippen LogP contribution in [0.5, 0.6) is 0 Å². The first kappa shape index (κ1) is 15.9. The molecule has 0 saturated heterocycles. The second kappa shape index (κ2) is 6.50. The fraction of sp³-hybridized carbons (Fsp3) is 0.385. The van der Waals surface area contributed by atoms with Gasteiger partial charge in [-0.25, -0.2) is 18.4 Å². The molecule has 0 spiro atoms. The maximum Gasteiger partial charge on any atom is 0.262 e. The average Bonchev–Trinajstić information content (AvgIpc) is 2.85. The van der Waals surface area contributed by atoms with Crippen molar-refractivity contribution >= 4 is 27.0 Å². The highest BCUT2D eigenvalue weighted by atomic mass is 32.2. The number of sulfonamides is 1. The molecular weight excluding hydrogens is 308 g/mol. The summed E-state index contributed by atoms with van der Waals surface area (Å²) in [6.07, 6.45) is 1.48. The highest BCUT2D eigenvalue weighted by Gasteiger charge is 2.26. The fourth-order valence-electron chi connectivity index (χ4n) is 1.86. The highest BCUT2D eigenvalue weighted by molar-refractivity contribution is 7.89. The lowest BCUT2D eigenvalue weighted by Crippen LogP contribution is -2.28. The molecule has 0 saturated carbocycles. The van der Waals surface area contributed by atoms with Crippen LogP contribution in [0.1, 0.15) is 17.6 Å². The molecule has 0 amide bonds. The molecule has 1 N–H and O–H groups in total. The molecule has 0 aromatic carbocycles. The smallest absolute Gasteiger partial charge is 0.262 e. The number of aromatic nitrogens is 2. The summed E-state index contributed by atoms with van der Waals surface area (Å²) in [7, 11) is -2.12. The van der Waals surface area contributed by atoms with Crippen molar-refractivity contribution in [2.75, 3.05) is 18.9 Å². The van der Waals surface area contributed by atoms with E-state index in [0.29, 0.717) is 12.2 Å². The van der Waals surface area contributed by atoms with Gasteiger partial charge in [0.05, 0.1) is 22.9 Å². The van der Waals surface area contributed by atoms with Crippen LogP contribution in [0.2, 0.25) is 0 Å². The molecule has 2 aromatic heterocycles. The number of nitrogens with one attached hydrogen (secondary N) is 1. The Labute approximate surface area is 128 Å². The summed E-state index contributed by atoms with van der Waals surface area (Å²) in [5.41, 5.74) is 1.26. The van der Waals surface area contributed by atoms with E-state index in [-0.39, 0.29) is 11.6 Å². The molecule has 2 rings (SSSR count). The Balaban J connectivity index is 2.28. The van der Waals surface area contributed by atoms with E-state index in [4.69, 9.17) is 0 Å². The van der Waals surface area contributed by atoms with Gasteiger partial charge in [0.1, 0.15) is 0 Å². The predicted octanol–water partition coefficient (Wildman–Crippen LogP) is 2.10. The lowest BCUT2D eigenvalue weighted by Gasteiger charge is -2.17. The van der Waals surface area contributed by atoms with Gasteiger partial charge in [-0.3, -0.25) is 0 Å². The molecule has 21 heavy (non-hydrogen) atoms. The van der Waals surface area contributed by atoms with Gasteiger partial charge >= 0.3 is 0 Å². The highest BCUT2D eigenvalue weighted by Crippen LogP contribution is 2.22. The molecule has 8 heteroatoms. The molecule has 0 bridgehead atoms. The van der Waals surface area contributed by atoms with E-state index in [2.05, 4.69) is 15.3 Å². The average molecular weight is 326 g/mol. The Hall–Kier alpha value is -1.51. The number of thiazole rings is 1. The Bertz CT molecular complexity index is 712. The molecule has 0 fully saturated rings. The van der Waals surface area contributed by atoms with Crippen molar-refractivity contribution in [1.29, 1.82) is 0 Å². The van der Waals surface area contributed by atoms with Crippen LogP contribution in [0.15, 0.2) is 28.7 Å². The van der Waals surface area contributed by atoms with Crippen LogP contribution in [0, 0.1) is 6.92 Å². The molecule has 2 heterocycles. The van der Waals surface area contributed by atoms with Gasteiger partial charge in [0.25, 0.3) is 10.0 Å². The first-order chi connectivity index (χ1) is 9.95. The Morgan fingerprint density at radius 2 is 2.19 bits per heavy atom. The van der Waals surface area contributed by atoms with Crippen LogP contribution >= 0.6 is 11.3 Å². The van der Waals surface area contributed by atoms with Crippen molar-refractivity contribution in [3.63, 3.8) is 0 Å². The van der Waals surface area contributed by atoms with Gasteiger partial charge in [-0.2, -0.15) is 4.31 Å². The number of nitrogens with zero attached hydrogens (tertiary/aromatic N) is 3. The zero-order valence-corrected chi connectivity index (χ0v) is 13.8. The normalized spacial score (nSPS) is 11.8. The summed E-state index contributed by atoms with van der Waals surface area (Å²) in [5, 5.41) is 5.85. The largest absolute Gasteiger partial charge is 0.383 e. The molecular formula is C13H18N4O2S2. The second-order valence-electron chi connectivity index (χ2n) is 4.51. The Morgan fingerprint density at radius 1 is 1.43 bits per heavy atom. The van der Waals surface area contributed by atoms with E-state index in [0.717, 1.165) is 10.7 Å². The lowest BCUT2D eigenvalue weighted by molar-refractivity contribution is 0.460. The summed E-state index contributed by atoms with van der Waals surface area (Å²) in [4.78, 5) is 8.32. The topological polar surface area (TPSA) is 75.2 Å². The van der Waals surface area contributed by atoms with E-state index in [9.17, 15) is 8.42 Å². The van der Waals surface area contributed by atoms with E-state index in [1.807, 2.05) is 19.2 Å².